The topological polar surface area (TPSA) is 90.5 Å². The fraction of sp³-hybridized carbons (Fsp3) is 0.800. The molecule has 0 unspecified atom stereocenters. The molecule has 1 rings (SSSR count). The van der Waals surface area contributed by atoms with Crippen LogP contribution in [0.15, 0.2) is 0 Å². The molecule has 0 spiro atoms. The van der Waals surface area contributed by atoms with Crippen LogP contribution in [-0.2, 0) is 26.1 Å². The zero-order chi connectivity index (χ0) is 11.6. The second-order valence-electron chi connectivity index (χ2n) is 3.42. The van der Waals surface area contributed by atoms with Crippen LogP contribution in [0.1, 0.15) is 12.8 Å². The van der Waals surface area contributed by atoms with Gasteiger partial charge in [0, 0.05) is 6.42 Å². The maximum absolute atomic E-state index is 11.2. The van der Waals surface area contributed by atoms with Crippen LogP contribution in [0.5, 0.6) is 0 Å². The molecule has 0 N–H and O–H groups in total. The molecule has 1 fully saturated rings. The molecule has 0 aromatic carbocycles. The van der Waals surface area contributed by atoms with E-state index in [1.54, 1.807) is 0 Å². The molecule has 100 valence electrons. The summed E-state index contributed by atoms with van der Waals surface area (Å²) in [6, 6.07) is 0. The Kier molecular flexibility index (Phi) is 10.1. The molecule has 1 saturated heterocycles. The minimum Gasteiger partial charge on any atom is -0.664 e. The van der Waals surface area contributed by atoms with Crippen molar-refractivity contribution in [3.05, 3.63) is 21.3 Å². The van der Waals surface area contributed by atoms with Crippen LogP contribution in [0, 0.1) is 0 Å². The zero-order valence-electron chi connectivity index (χ0n) is 9.58. The summed E-state index contributed by atoms with van der Waals surface area (Å²) in [4.78, 5) is 22.3. The number of carbonyl (C=O) groups is 2. The van der Waals surface area contributed by atoms with Crippen LogP contribution < -0.4 is 0 Å². The van der Waals surface area contributed by atoms with Crippen LogP contribution in [0.25, 0.3) is 21.3 Å². The van der Waals surface area contributed by atoms with Crippen LogP contribution >= 0.6 is 0 Å². The van der Waals surface area contributed by atoms with Crippen molar-refractivity contribution in [3.63, 3.8) is 0 Å². The third-order valence-corrected chi connectivity index (χ3v) is 2.03. The summed E-state index contributed by atoms with van der Waals surface area (Å²) in [5.41, 5.74) is 0. The number of nitrogens with zero attached hydrogens (tertiary/aromatic N) is 4. The smallest absolute Gasteiger partial charge is 0.664 e. The Balaban J connectivity index is 0.00000256. The zero-order valence-corrected chi connectivity index (χ0v) is 10.6. The van der Waals surface area contributed by atoms with E-state index in [-0.39, 0.29) is 22.9 Å². The summed E-state index contributed by atoms with van der Waals surface area (Å²) < 4.78 is 0. The Labute approximate surface area is 112 Å². The first-order valence-corrected chi connectivity index (χ1v) is 5.46. The molecule has 6 nitrogen and oxygen atoms in total. The van der Waals surface area contributed by atoms with Gasteiger partial charge in [-0.25, -0.2) is 0 Å². The number of carbonyl (C=O) groups excluding carboxylic acids is 2. The van der Waals surface area contributed by atoms with E-state index in [0.29, 0.717) is 26.2 Å². The van der Waals surface area contributed by atoms with E-state index in [1.807, 2.05) is 0 Å². The Morgan fingerprint density at radius 2 is 1.18 bits per heavy atom. The van der Waals surface area contributed by atoms with Crippen molar-refractivity contribution in [2.24, 2.45) is 0 Å². The fourth-order valence-electron chi connectivity index (χ4n) is 1.25. The van der Waals surface area contributed by atoms with Gasteiger partial charge in [-0.3, -0.25) is 0 Å². The minimum absolute atomic E-state index is 0. The van der Waals surface area contributed by atoms with Crippen molar-refractivity contribution >= 4 is 11.8 Å². The van der Waals surface area contributed by atoms with Gasteiger partial charge in [0.15, 0.2) is 0 Å². The summed E-state index contributed by atoms with van der Waals surface area (Å²) in [5, 5.41) is 15.8. The van der Waals surface area contributed by atoms with E-state index >= 15 is 0 Å². The monoisotopic (exact) mass is 282 g/mol. The molecule has 17 heavy (non-hydrogen) atoms. The van der Waals surface area contributed by atoms with Crippen LogP contribution in [0.3, 0.4) is 0 Å². The maximum atomic E-state index is 11.2. The second kappa shape index (κ2) is 10.5. The molecule has 1 aliphatic heterocycles. The molecule has 1 aliphatic rings. The van der Waals surface area contributed by atoms with Crippen molar-refractivity contribution < 1.29 is 26.1 Å². The second-order valence-corrected chi connectivity index (χ2v) is 3.42. The Bertz CT molecular complexity index is 216. The predicted octanol–water partition coefficient (Wildman–Crippen LogP) is 1.33. The quantitative estimate of drug-likeness (QED) is 0.495. The van der Waals surface area contributed by atoms with Crippen molar-refractivity contribution in [2.45, 2.75) is 12.8 Å². The number of rotatable bonds is 0. The van der Waals surface area contributed by atoms with Crippen LogP contribution in [-0.4, -0.2) is 51.1 Å². The van der Waals surface area contributed by atoms with Gasteiger partial charge >= 0.3 is 16.5 Å². The van der Waals surface area contributed by atoms with Crippen molar-refractivity contribution in [2.75, 3.05) is 39.3 Å². The first kappa shape index (κ1) is 16.4. The molecule has 0 aliphatic carbocycles. The van der Waals surface area contributed by atoms with E-state index in [2.05, 4.69) is 21.3 Å². The molecule has 0 aromatic heterocycles. The summed E-state index contributed by atoms with van der Waals surface area (Å²) in [6.45, 7) is 3.31. The minimum atomic E-state index is -0.405. The Morgan fingerprint density at radius 1 is 0.706 bits per heavy atom. The first-order valence-electron chi connectivity index (χ1n) is 5.46. The molecule has 7 heteroatoms. The van der Waals surface area contributed by atoms with E-state index in [9.17, 15) is 9.59 Å². The molecule has 0 saturated carbocycles. The van der Waals surface area contributed by atoms with Gasteiger partial charge in [-0.2, -0.15) is 26.2 Å². The SMILES string of the molecule is O=C1CC(=O)[N-]CC[N-]CCC[N-]CC[N-]1.[Ni+2]. The van der Waals surface area contributed by atoms with Gasteiger partial charge in [-0.1, -0.05) is 6.42 Å². The largest absolute Gasteiger partial charge is 2.00 e. The molecule has 0 atom stereocenters. The van der Waals surface area contributed by atoms with Gasteiger partial charge in [0.2, 0.25) is 0 Å². The van der Waals surface area contributed by atoms with Gasteiger partial charge in [0.05, 0.1) is 11.8 Å². The summed E-state index contributed by atoms with van der Waals surface area (Å²) >= 11 is 0. The van der Waals surface area contributed by atoms with E-state index in [4.69, 9.17) is 0 Å². The van der Waals surface area contributed by atoms with Gasteiger partial charge in [0.25, 0.3) is 0 Å². The molecule has 2 amide bonds. The molecule has 1 heterocycles. The van der Waals surface area contributed by atoms with Crippen LogP contribution in [0.4, 0.5) is 0 Å². The number of amides is 2. The Hall–Kier alpha value is -0.646. The molecule has 0 bridgehead atoms. The first-order chi connectivity index (χ1) is 7.79. The Morgan fingerprint density at radius 3 is 1.65 bits per heavy atom. The van der Waals surface area contributed by atoms with Crippen molar-refractivity contribution in [1.29, 1.82) is 0 Å². The van der Waals surface area contributed by atoms with E-state index < -0.39 is 11.8 Å². The third-order valence-electron chi connectivity index (χ3n) is 2.03. The van der Waals surface area contributed by atoms with E-state index in [1.165, 1.54) is 0 Å². The van der Waals surface area contributed by atoms with Crippen LogP contribution in [0.2, 0.25) is 0 Å². The van der Waals surface area contributed by atoms with E-state index in [0.717, 1.165) is 19.5 Å². The molecule has 0 radical (unpaired) electrons. The number of hydrogen-bond donors (Lipinski definition) is 0. The summed E-state index contributed by atoms with van der Waals surface area (Å²) in [5.74, 6) is -0.809. The summed E-state index contributed by atoms with van der Waals surface area (Å²) in [6.07, 6.45) is 0.682. The third kappa shape index (κ3) is 9.09. The predicted molar refractivity (Wildman–Crippen MR) is 61.9 cm³/mol. The normalized spacial score (nSPS) is 20.5. The molecular formula is C10H16N4NiO2-2. The average molecular weight is 283 g/mol. The molecule has 0 aromatic rings. The standard InChI is InChI=1S/C10H18N4O2.Ni/c15-9-8-10(16)14-7-5-12-3-1-2-11-4-6-13-9;/h1-8H2,(H2,13,14,15,16);/q-2;+2/p-2. The molecular weight excluding hydrogens is 267 g/mol. The van der Waals surface area contributed by atoms with Crippen molar-refractivity contribution in [3.8, 4) is 0 Å². The average Bonchev–Trinajstić information content (AvgIpc) is 2.25. The maximum Gasteiger partial charge on any atom is 2.00 e. The number of hydrogen-bond acceptors (Lipinski definition) is 2. The van der Waals surface area contributed by atoms with Gasteiger partial charge < -0.3 is 30.9 Å². The summed E-state index contributed by atoms with van der Waals surface area (Å²) in [7, 11) is 0. The van der Waals surface area contributed by atoms with Gasteiger partial charge in [0.1, 0.15) is 0 Å². The van der Waals surface area contributed by atoms with Gasteiger partial charge in [-0.05, 0) is 0 Å². The fourth-order valence-corrected chi connectivity index (χ4v) is 1.25. The van der Waals surface area contributed by atoms with Crippen molar-refractivity contribution in [1.82, 2.24) is 0 Å². The van der Waals surface area contributed by atoms with Gasteiger partial charge in [-0.15, -0.1) is 13.1 Å².